The highest BCUT2D eigenvalue weighted by molar-refractivity contribution is 5.51. The summed E-state index contributed by atoms with van der Waals surface area (Å²) < 4.78 is 12.0. The van der Waals surface area contributed by atoms with Gasteiger partial charge >= 0.3 is 0 Å². The van der Waals surface area contributed by atoms with Crippen molar-refractivity contribution < 1.29 is 14.3 Å². The molecular weight excluding hydrogens is 300 g/mol. The normalized spacial score (nSPS) is 10.7. The molecule has 0 aliphatic rings. The molecule has 0 amide bonds. The van der Waals surface area contributed by atoms with Gasteiger partial charge in [0.2, 0.25) is 0 Å². The van der Waals surface area contributed by atoms with E-state index in [1.54, 1.807) is 6.92 Å². The van der Waals surface area contributed by atoms with Crippen molar-refractivity contribution in [2.75, 3.05) is 0 Å². The van der Waals surface area contributed by atoms with E-state index in [4.69, 9.17) is 9.47 Å². The van der Waals surface area contributed by atoms with E-state index >= 15 is 0 Å². The molecule has 0 spiro atoms. The van der Waals surface area contributed by atoms with Gasteiger partial charge in [0.05, 0.1) is 26.1 Å². The molecule has 0 saturated carbocycles. The Morgan fingerprint density at radius 2 is 1.42 bits per heavy atom. The molecule has 3 nitrogen and oxygen atoms in total. The molecule has 24 heavy (non-hydrogen) atoms. The van der Waals surface area contributed by atoms with Crippen molar-refractivity contribution in [3.63, 3.8) is 0 Å². The summed E-state index contributed by atoms with van der Waals surface area (Å²) in [4.78, 5) is 11.2. The maximum Gasteiger partial charge on any atom is 0.186 e. The first-order valence-electron chi connectivity index (χ1n) is 7.97. The van der Waals surface area contributed by atoms with E-state index in [1.807, 2.05) is 60.7 Å². The molecule has 0 aliphatic carbocycles. The minimum atomic E-state index is -1.03. The van der Waals surface area contributed by atoms with Crippen LogP contribution in [-0.4, -0.2) is 12.1 Å². The van der Waals surface area contributed by atoms with Crippen LogP contribution in [0.1, 0.15) is 30.9 Å². The monoisotopic (exact) mass is 322 g/mol. The van der Waals surface area contributed by atoms with Crippen LogP contribution >= 0.6 is 0 Å². The van der Waals surface area contributed by atoms with Crippen molar-refractivity contribution in [1.82, 2.24) is 0 Å². The molecule has 0 atom stereocenters. The first kappa shape index (κ1) is 17.9. The number of hydrogen-bond donors (Lipinski definition) is 0. The number of hydrogen-bond acceptors (Lipinski definition) is 3. The van der Waals surface area contributed by atoms with E-state index in [0.29, 0.717) is 19.6 Å². The minimum absolute atomic E-state index is 0.140. The molecule has 0 bridgehead atoms. The Bertz CT molecular complexity index is 625. The van der Waals surface area contributed by atoms with Crippen LogP contribution in [0.3, 0.4) is 0 Å². The molecule has 124 valence electrons. The molecule has 0 fully saturated rings. The highest BCUT2D eigenvalue weighted by atomic mass is 16.7. The molecule has 2 aromatic rings. The molecule has 0 saturated heterocycles. The molecule has 2 rings (SSSR count). The van der Waals surface area contributed by atoms with E-state index in [9.17, 15) is 4.79 Å². The Kier molecular flexibility index (Phi) is 7.22. The molecule has 0 radical (unpaired) electrons. The Morgan fingerprint density at radius 1 is 0.917 bits per heavy atom. The van der Waals surface area contributed by atoms with E-state index < -0.39 is 5.79 Å². The largest absolute Gasteiger partial charge is 0.344 e. The lowest BCUT2D eigenvalue weighted by Gasteiger charge is -2.31. The van der Waals surface area contributed by atoms with Crippen LogP contribution in [-0.2, 0) is 27.5 Å². The Hall–Kier alpha value is -2.41. The number of carbonyl (C=O) groups excluding carboxylic acids is 1. The first-order valence-corrected chi connectivity index (χ1v) is 7.97. The Balaban J connectivity index is 2.11. The second-order valence-electron chi connectivity index (χ2n) is 5.43. The maximum absolute atomic E-state index is 11.2. The van der Waals surface area contributed by atoms with Gasteiger partial charge in [0.15, 0.2) is 5.79 Å². The number of ether oxygens (including phenoxy) is 2. The molecule has 0 unspecified atom stereocenters. The van der Waals surface area contributed by atoms with E-state index in [0.717, 1.165) is 17.4 Å². The number of benzene rings is 2. The van der Waals surface area contributed by atoms with Gasteiger partial charge in [0.1, 0.15) is 6.29 Å². The molecule has 0 aromatic heterocycles. The third-order valence-electron chi connectivity index (χ3n) is 3.62. The van der Waals surface area contributed by atoms with E-state index in [2.05, 4.69) is 11.8 Å². The van der Waals surface area contributed by atoms with Crippen molar-refractivity contribution >= 4 is 6.29 Å². The third-order valence-corrected chi connectivity index (χ3v) is 3.62. The van der Waals surface area contributed by atoms with Crippen LogP contribution in [0.5, 0.6) is 0 Å². The fourth-order valence-electron chi connectivity index (χ4n) is 2.26. The van der Waals surface area contributed by atoms with Crippen molar-refractivity contribution in [3.05, 3.63) is 71.8 Å². The van der Waals surface area contributed by atoms with Crippen LogP contribution < -0.4 is 0 Å². The van der Waals surface area contributed by atoms with Gasteiger partial charge in [-0.2, -0.15) is 0 Å². The van der Waals surface area contributed by atoms with Gasteiger partial charge in [-0.15, -0.1) is 5.92 Å². The lowest BCUT2D eigenvalue weighted by Crippen LogP contribution is -2.36. The highest BCUT2D eigenvalue weighted by Crippen LogP contribution is 2.25. The van der Waals surface area contributed by atoms with Gasteiger partial charge in [-0.3, -0.25) is 0 Å². The number of carbonyl (C=O) groups is 1. The van der Waals surface area contributed by atoms with Crippen LogP contribution in [0.15, 0.2) is 60.7 Å². The summed E-state index contributed by atoms with van der Waals surface area (Å²) in [5.74, 6) is 4.81. The Morgan fingerprint density at radius 3 is 1.83 bits per heavy atom. The molecular formula is C21H22O3. The molecule has 3 heteroatoms. The zero-order chi connectivity index (χ0) is 17.1. The SMILES string of the molecule is CC#CCC(CC=O)(OCc1ccccc1)OCc1ccccc1. The predicted molar refractivity (Wildman–Crippen MR) is 93.9 cm³/mol. The van der Waals surface area contributed by atoms with Crippen LogP contribution in [0.4, 0.5) is 0 Å². The summed E-state index contributed by atoms with van der Waals surface area (Å²) in [6.45, 7) is 2.50. The maximum atomic E-state index is 11.2. The standard InChI is InChI=1S/C21H22O3/c1-2-3-14-21(15-16-22,23-17-19-10-6-4-7-11-19)24-18-20-12-8-5-9-13-20/h4-13,16H,14-15,17-18H2,1H3. The highest BCUT2D eigenvalue weighted by Gasteiger charge is 2.31. The molecule has 0 aliphatic heterocycles. The van der Waals surface area contributed by atoms with Crippen LogP contribution in [0.2, 0.25) is 0 Å². The minimum Gasteiger partial charge on any atom is -0.344 e. The first-order chi connectivity index (χ1) is 11.8. The fraction of sp³-hybridized carbons (Fsp3) is 0.286. The lowest BCUT2D eigenvalue weighted by atomic mass is 10.1. The number of aldehydes is 1. The molecule has 2 aromatic carbocycles. The van der Waals surface area contributed by atoms with Crippen molar-refractivity contribution in [1.29, 1.82) is 0 Å². The average molecular weight is 322 g/mol. The quantitative estimate of drug-likeness (QED) is 0.396. The summed E-state index contributed by atoms with van der Waals surface area (Å²) in [6.07, 6.45) is 1.32. The van der Waals surface area contributed by atoms with Crippen LogP contribution in [0.25, 0.3) is 0 Å². The number of rotatable bonds is 9. The predicted octanol–water partition coefficient (Wildman–Crippen LogP) is 4.12. The van der Waals surface area contributed by atoms with Crippen molar-refractivity contribution in [2.45, 2.75) is 38.8 Å². The molecule has 0 heterocycles. The smallest absolute Gasteiger partial charge is 0.186 e. The summed E-state index contributed by atoms with van der Waals surface area (Å²) in [6, 6.07) is 19.7. The van der Waals surface area contributed by atoms with Crippen LogP contribution in [0, 0.1) is 11.8 Å². The summed E-state index contributed by atoms with van der Waals surface area (Å²) in [5, 5.41) is 0. The summed E-state index contributed by atoms with van der Waals surface area (Å²) in [5.41, 5.74) is 2.06. The van der Waals surface area contributed by atoms with Gasteiger partial charge in [-0.05, 0) is 18.1 Å². The fourth-order valence-corrected chi connectivity index (χ4v) is 2.26. The zero-order valence-electron chi connectivity index (χ0n) is 13.9. The summed E-state index contributed by atoms with van der Waals surface area (Å²) in [7, 11) is 0. The van der Waals surface area contributed by atoms with Crippen molar-refractivity contribution in [2.24, 2.45) is 0 Å². The van der Waals surface area contributed by atoms with E-state index in [-0.39, 0.29) is 6.42 Å². The second kappa shape index (κ2) is 9.67. The lowest BCUT2D eigenvalue weighted by molar-refractivity contribution is -0.246. The topological polar surface area (TPSA) is 35.5 Å². The average Bonchev–Trinajstić information content (AvgIpc) is 2.65. The van der Waals surface area contributed by atoms with Gasteiger partial charge in [-0.25, -0.2) is 0 Å². The Labute approximate surface area is 143 Å². The zero-order valence-corrected chi connectivity index (χ0v) is 13.9. The van der Waals surface area contributed by atoms with E-state index in [1.165, 1.54) is 0 Å². The summed E-state index contributed by atoms with van der Waals surface area (Å²) >= 11 is 0. The molecule has 0 N–H and O–H groups in total. The third kappa shape index (κ3) is 5.66. The van der Waals surface area contributed by atoms with Gasteiger partial charge < -0.3 is 14.3 Å². The van der Waals surface area contributed by atoms with Gasteiger partial charge in [-0.1, -0.05) is 66.6 Å². The van der Waals surface area contributed by atoms with Gasteiger partial charge in [0.25, 0.3) is 0 Å². The second-order valence-corrected chi connectivity index (χ2v) is 5.43. The van der Waals surface area contributed by atoms with Crippen molar-refractivity contribution in [3.8, 4) is 11.8 Å². The van der Waals surface area contributed by atoms with Gasteiger partial charge in [0, 0.05) is 0 Å².